The molecule has 2 heteroatoms. The van der Waals surface area contributed by atoms with Crippen LogP contribution in [0.2, 0.25) is 0 Å². The first-order valence-electron chi connectivity index (χ1n) is 3.95. The molecule has 0 unspecified atom stereocenters. The summed E-state index contributed by atoms with van der Waals surface area (Å²) in [5.74, 6) is 2.88. The predicted molar refractivity (Wildman–Crippen MR) is 57.7 cm³/mol. The molecule has 1 aromatic rings. The highest BCUT2D eigenvalue weighted by Gasteiger charge is 2.23. The van der Waals surface area contributed by atoms with Crippen molar-refractivity contribution in [1.29, 1.82) is 0 Å². The van der Waals surface area contributed by atoms with Crippen LogP contribution < -0.4 is 0 Å². The van der Waals surface area contributed by atoms with Crippen LogP contribution in [-0.4, -0.2) is 5.11 Å². The lowest BCUT2D eigenvalue weighted by molar-refractivity contribution is 0.456. The normalized spacial score (nSPS) is 10.9. The SMILES string of the molecule is C#CC(C)(C)c1c(O)cccc1Br. The van der Waals surface area contributed by atoms with Gasteiger partial charge in [0.15, 0.2) is 0 Å². The highest BCUT2D eigenvalue weighted by atomic mass is 79.9. The molecule has 0 aromatic heterocycles. The summed E-state index contributed by atoms with van der Waals surface area (Å²) in [6.07, 6.45) is 5.39. The van der Waals surface area contributed by atoms with E-state index in [0.717, 1.165) is 10.0 Å². The predicted octanol–water partition coefficient (Wildman–Crippen LogP) is 3.07. The largest absolute Gasteiger partial charge is 0.508 e. The number of hydrogen-bond donors (Lipinski definition) is 1. The first-order valence-corrected chi connectivity index (χ1v) is 4.74. The molecule has 0 amide bonds. The molecule has 1 nitrogen and oxygen atoms in total. The summed E-state index contributed by atoms with van der Waals surface area (Å²) in [6.45, 7) is 3.79. The Hall–Kier alpha value is -0.940. The van der Waals surface area contributed by atoms with Crippen molar-refractivity contribution in [3.8, 4) is 18.1 Å². The highest BCUT2D eigenvalue weighted by Crippen LogP contribution is 2.36. The average Bonchev–Trinajstić information content (AvgIpc) is 2.03. The van der Waals surface area contributed by atoms with Crippen molar-refractivity contribution in [1.82, 2.24) is 0 Å². The van der Waals surface area contributed by atoms with Crippen molar-refractivity contribution in [2.45, 2.75) is 19.3 Å². The number of aromatic hydroxyl groups is 1. The van der Waals surface area contributed by atoms with Crippen LogP contribution in [0.15, 0.2) is 22.7 Å². The summed E-state index contributed by atoms with van der Waals surface area (Å²) in [4.78, 5) is 0. The molecule has 1 rings (SSSR count). The topological polar surface area (TPSA) is 20.2 Å². The Bertz CT molecular complexity index is 341. The van der Waals surface area contributed by atoms with E-state index < -0.39 is 5.41 Å². The standard InChI is InChI=1S/C11H11BrO/c1-4-11(2,3)10-8(12)6-5-7-9(10)13/h1,5-7,13H,2-3H3. The van der Waals surface area contributed by atoms with Crippen LogP contribution in [0.3, 0.4) is 0 Å². The third kappa shape index (κ3) is 1.87. The fraction of sp³-hybridized carbons (Fsp3) is 0.273. The lowest BCUT2D eigenvalue weighted by atomic mass is 9.85. The molecule has 0 saturated carbocycles. The molecule has 13 heavy (non-hydrogen) atoms. The van der Waals surface area contributed by atoms with Crippen LogP contribution >= 0.6 is 15.9 Å². The van der Waals surface area contributed by atoms with E-state index >= 15 is 0 Å². The molecule has 0 radical (unpaired) electrons. The van der Waals surface area contributed by atoms with Gasteiger partial charge >= 0.3 is 0 Å². The van der Waals surface area contributed by atoms with Crippen molar-refractivity contribution in [2.75, 3.05) is 0 Å². The number of halogens is 1. The summed E-state index contributed by atoms with van der Waals surface area (Å²) < 4.78 is 0.843. The van der Waals surface area contributed by atoms with Gasteiger partial charge in [-0.25, -0.2) is 0 Å². The van der Waals surface area contributed by atoms with Crippen LogP contribution in [0.1, 0.15) is 19.4 Å². The van der Waals surface area contributed by atoms with E-state index in [0.29, 0.717) is 0 Å². The lowest BCUT2D eigenvalue weighted by Gasteiger charge is -2.20. The molecule has 0 aliphatic heterocycles. The number of benzene rings is 1. The second-order valence-electron chi connectivity index (χ2n) is 3.40. The Balaban J connectivity index is 3.38. The minimum atomic E-state index is -0.454. The fourth-order valence-electron chi connectivity index (χ4n) is 1.20. The van der Waals surface area contributed by atoms with Gasteiger partial charge in [-0.05, 0) is 26.0 Å². The number of terminal acetylenes is 1. The lowest BCUT2D eigenvalue weighted by Crippen LogP contribution is -2.14. The molecule has 0 aliphatic rings. The van der Waals surface area contributed by atoms with Crippen molar-refractivity contribution in [3.63, 3.8) is 0 Å². The van der Waals surface area contributed by atoms with E-state index in [1.165, 1.54) is 0 Å². The number of phenolic OH excluding ortho intramolecular Hbond substituents is 1. The second-order valence-corrected chi connectivity index (χ2v) is 4.26. The average molecular weight is 239 g/mol. The Morgan fingerprint density at radius 1 is 1.46 bits per heavy atom. The molecule has 0 aliphatic carbocycles. The van der Waals surface area contributed by atoms with Gasteiger partial charge in [-0.2, -0.15) is 0 Å². The van der Waals surface area contributed by atoms with Gasteiger partial charge in [-0.1, -0.05) is 27.9 Å². The maximum Gasteiger partial charge on any atom is 0.121 e. The van der Waals surface area contributed by atoms with Gasteiger partial charge in [0.25, 0.3) is 0 Å². The second kappa shape index (κ2) is 3.43. The monoisotopic (exact) mass is 238 g/mol. The van der Waals surface area contributed by atoms with E-state index in [9.17, 15) is 5.11 Å². The number of hydrogen-bond acceptors (Lipinski definition) is 1. The molecule has 0 spiro atoms. The van der Waals surface area contributed by atoms with Gasteiger partial charge in [0, 0.05) is 10.0 Å². The van der Waals surface area contributed by atoms with Gasteiger partial charge in [0.1, 0.15) is 5.75 Å². The quantitative estimate of drug-likeness (QED) is 0.746. The third-order valence-corrected chi connectivity index (χ3v) is 2.64. The Labute approximate surface area is 86.9 Å². The van der Waals surface area contributed by atoms with Crippen LogP contribution in [0.5, 0.6) is 5.75 Å². The maximum atomic E-state index is 9.63. The van der Waals surface area contributed by atoms with E-state index in [4.69, 9.17) is 6.42 Å². The number of phenols is 1. The zero-order valence-corrected chi connectivity index (χ0v) is 9.22. The molecule has 0 atom stereocenters. The minimum Gasteiger partial charge on any atom is -0.508 e. The molecule has 1 N–H and O–H groups in total. The summed E-state index contributed by atoms with van der Waals surface area (Å²) in [5, 5.41) is 9.63. The summed E-state index contributed by atoms with van der Waals surface area (Å²) >= 11 is 3.37. The molecule has 1 aromatic carbocycles. The zero-order chi connectivity index (χ0) is 10.1. The van der Waals surface area contributed by atoms with Crippen molar-refractivity contribution >= 4 is 15.9 Å². The molecular weight excluding hydrogens is 228 g/mol. The minimum absolute atomic E-state index is 0.234. The Kier molecular flexibility index (Phi) is 2.68. The molecule has 68 valence electrons. The first kappa shape index (κ1) is 10.1. The van der Waals surface area contributed by atoms with Gasteiger partial charge in [0.2, 0.25) is 0 Å². The van der Waals surface area contributed by atoms with Gasteiger partial charge in [-0.3, -0.25) is 0 Å². The molecule has 0 fully saturated rings. The van der Waals surface area contributed by atoms with E-state index in [-0.39, 0.29) is 5.75 Å². The smallest absolute Gasteiger partial charge is 0.121 e. The third-order valence-electron chi connectivity index (χ3n) is 1.98. The summed E-state index contributed by atoms with van der Waals surface area (Å²) in [6, 6.07) is 5.28. The van der Waals surface area contributed by atoms with Crippen molar-refractivity contribution < 1.29 is 5.11 Å². The Morgan fingerprint density at radius 3 is 2.54 bits per heavy atom. The van der Waals surface area contributed by atoms with Crippen molar-refractivity contribution in [2.24, 2.45) is 0 Å². The van der Waals surface area contributed by atoms with Crippen LogP contribution in [-0.2, 0) is 5.41 Å². The fourth-order valence-corrected chi connectivity index (χ4v) is 2.05. The van der Waals surface area contributed by atoms with Crippen LogP contribution in [0.25, 0.3) is 0 Å². The van der Waals surface area contributed by atoms with Gasteiger partial charge in [0.05, 0.1) is 5.41 Å². The summed E-state index contributed by atoms with van der Waals surface area (Å²) in [7, 11) is 0. The zero-order valence-electron chi connectivity index (χ0n) is 7.63. The maximum absolute atomic E-state index is 9.63. The molecule has 0 saturated heterocycles. The van der Waals surface area contributed by atoms with E-state index in [1.54, 1.807) is 12.1 Å². The highest BCUT2D eigenvalue weighted by molar-refractivity contribution is 9.10. The summed E-state index contributed by atoms with van der Waals surface area (Å²) in [5.41, 5.74) is 0.307. The molecule has 0 bridgehead atoms. The first-order chi connectivity index (χ1) is 5.99. The molecule has 0 heterocycles. The van der Waals surface area contributed by atoms with E-state index in [2.05, 4.69) is 21.9 Å². The van der Waals surface area contributed by atoms with Crippen LogP contribution in [0.4, 0.5) is 0 Å². The van der Waals surface area contributed by atoms with Gasteiger partial charge < -0.3 is 5.11 Å². The van der Waals surface area contributed by atoms with Crippen LogP contribution in [0, 0.1) is 12.3 Å². The van der Waals surface area contributed by atoms with Gasteiger partial charge in [-0.15, -0.1) is 6.42 Å². The van der Waals surface area contributed by atoms with Crippen molar-refractivity contribution in [3.05, 3.63) is 28.2 Å². The molecular formula is C11H11BrO. The Morgan fingerprint density at radius 2 is 2.08 bits per heavy atom. The number of rotatable bonds is 1. The van der Waals surface area contributed by atoms with E-state index in [1.807, 2.05) is 19.9 Å².